The van der Waals surface area contributed by atoms with Crippen molar-refractivity contribution in [3.05, 3.63) is 120 Å². The molecule has 2 aliphatic heterocycles. The third-order valence-electron chi connectivity index (χ3n) is 12.9. The van der Waals surface area contributed by atoms with E-state index in [0.29, 0.717) is 51.4 Å². The van der Waals surface area contributed by atoms with Crippen LogP contribution in [-0.2, 0) is 29.8 Å². The van der Waals surface area contributed by atoms with Gasteiger partial charge in [-0.3, -0.25) is 4.79 Å². The van der Waals surface area contributed by atoms with Crippen molar-refractivity contribution in [3.63, 3.8) is 0 Å². The quantitative estimate of drug-likeness (QED) is 0.0486. The first-order valence-electron chi connectivity index (χ1n) is 22.4. The lowest BCUT2D eigenvalue weighted by Crippen LogP contribution is -2.28. The van der Waals surface area contributed by atoms with Crippen molar-refractivity contribution < 1.29 is 23.6 Å². The Balaban J connectivity index is 0.997. The summed E-state index contributed by atoms with van der Waals surface area (Å²) in [6, 6.07) is 26.5. The van der Waals surface area contributed by atoms with Gasteiger partial charge in [-0.1, -0.05) is 114 Å². The number of rotatable bonds is 22. The Morgan fingerprint density at radius 3 is 2.07 bits per heavy atom. The maximum atomic E-state index is 12.6. The third kappa shape index (κ3) is 10.5. The number of hydrogen-bond donors (Lipinski definition) is 1. The van der Waals surface area contributed by atoms with Gasteiger partial charge < -0.3 is 24.4 Å². The van der Waals surface area contributed by atoms with Crippen molar-refractivity contribution in [2.24, 2.45) is 5.41 Å². The van der Waals surface area contributed by atoms with Gasteiger partial charge in [0.25, 0.3) is 0 Å². The summed E-state index contributed by atoms with van der Waals surface area (Å²) in [5.41, 5.74) is 7.96. The Labute approximate surface area is 360 Å². The average molecular weight is 813 g/mol. The molecule has 0 unspecified atom stereocenters. The molecule has 0 saturated heterocycles. The van der Waals surface area contributed by atoms with Gasteiger partial charge in [-0.2, -0.15) is 4.58 Å². The highest BCUT2D eigenvalue weighted by atomic mass is 16.5. The normalized spacial score (nSPS) is 16.6. The molecule has 2 aliphatic rings. The predicted octanol–water partition coefficient (Wildman–Crippen LogP) is 11.3. The average Bonchev–Trinajstić information content (AvgIpc) is 3.58. The summed E-state index contributed by atoms with van der Waals surface area (Å²) in [4.78, 5) is 15.0. The standard InChI is InChI=1S/C53H69N3O4/c1-9-51(2,3)31-34-58-36-38-60-39-37-59-35-32-54-48(57)26-14-11-19-33-56-45-30-28-41-21-16-18-23-43(41)50(45)53(6,7)47(56)25-13-10-12-24-46-52(4,5)49-42-22-17-15-20-40(42)27-29-44(49)55(46)8/h10,12-13,15-18,20-25,27-30H,9,11,14,19,26,31-39H2,1-8H3/p+1. The van der Waals surface area contributed by atoms with Crippen LogP contribution in [0, 0.1) is 5.41 Å². The van der Waals surface area contributed by atoms with Crippen LogP contribution in [0.15, 0.2) is 109 Å². The first kappa shape index (κ1) is 45.0. The number of fused-ring (bicyclic) bond motifs is 6. The largest absolute Gasteiger partial charge is 0.379 e. The molecular weight excluding hydrogens is 743 g/mol. The van der Waals surface area contributed by atoms with Gasteiger partial charge in [-0.25, -0.2) is 0 Å². The number of ether oxygens (including phenoxy) is 3. The minimum absolute atomic E-state index is 0.0822. The number of unbranched alkanes of at least 4 members (excludes halogenated alkanes) is 2. The monoisotopic (exact) mass is 813 g/mol. The Bertz CT molecular complexity index is 2230. The predicted molar refractivity (Wildman–Crippen MR) is 251 cm³/mol. The van der Waals surface area contributed by atoms with Crippen molar-refractivity contribution in [3.8, 4) is 0 Å². The highest BCUT2D eigenvalue weighted by molar-refractivity contribution is 6.07. The molecule has 4 aromatic rings. The number of amides is 1. The van der Waals surface area contributed by atoms with E-state index >= 15 is 0 Å². The second-order valence-corrected chi connectivity index (χ2v) is 18.3. The van der Waals surface area contributed by atoms with Gasteiger partial charge in [0.15, 0.2) is 5.71 Å². The van der Waals surface area contributed by atoms with E-state index in [4.69, 9.17) is 14.2 Å². The van der Waals surface area contributed by atoms with Crippen LogP contribution in [0.5, 0.6) is 0 Å². The van der Waals surface area contributed by atoms with Crippen LogP contribution in [-0.4, -0.2) is 76.0 Å². The summed E-state index contributed by atoms with van der Waals surface area (Å²) in [5.74, 6) is 0.0822. The molecule has 0 aromatic heterocycles. The SMILES string of the molecule is CCC(C)(C)CCOCCOCCOCCNC(=O)CCCCC[N+]1=C(/C=C/C=C/C=C2/N(C)c3ccc4ccccc4c3C2(C)C)C(C)(C)c2c1ccc1ccccc21. The molecule has 0 spiro atoms. The summed E-state index contributed by atoms with van der Waals surface area (Å²) in [7, 11) is 2.18. The molecule has 320 valence electrons. The minimum atomic E-state index is -0.177. The topological polar surface area (TPSA) is 63.0 Å². The Morgan fingerprint density at radius 1 is 0.733 bits per heavy atom. The molecule has 0 radical (unpaired) electrons. The summed E-state index contributed by atoms with van der Waals surface area (Å²) < 4.78 is 19.5. The van der Waals surface area contributed by atoms with Crippen molar-refractivity contribution in [1.29, 1.82) is 0 Å². The molecule has 0 fully saturated rings. The molecule has 1 N–H and O–H groups in total. The van der Waals surface area contributed by atoms with Crippen LogP contribution < -0.4 is 10.2 Å². The van der Waals surface area contributed by atoms with Gasteiger partial charge in [-0.05, 0) is 83.8 Å². The second kappa shape index (κ2) is 20.3. The highest BCUT2D eigenvalue weighted by Gasteiger charge is 2.45. The molecule has 6 rings (SSSR count). The lowest BCUT2D eigenvalue weighted by Gasteiger charge is -2.24. The zero-order chi connectivity index (χ0) is 42.8. The van der Waals surface area contributed by atoms with Crippen LogP contribution >= 0.6 is 0 Å². The van der Waals surface area contributed by atoms with E-state index in [-0.39, 0.29) is 16.7 Å². The van der Waals surface area contributed by atoms with E-state index in [9.17, 15) is 4.79 Å². The number of allylic oxidation sites excluding steroid dienone is 6. The summed E-state index contributed by atoms with van der Waals surface area (Å²) >= 11 is 0. The van der Waals surface area contributed by atoms with Gasteiger partial charge in [-0.15, -0.1) is 0 Å². The van der Waals surface area contributed by atoms with Crippen LogP contribution in [0.3, 0.4) is 0 Å². The molecule has 1 amide bonds. The van der Waals surface area contributed by atoms with Crippen molar-refractivity contribution >= 4 is 44.5 Å². The van der Waals surface area contributed by atoms with Crippen molar-refractivity contribution in [2.45, 2.75) is 97.8 Å². The molecule has 0 atom stereocenters. The van der Waals surface area contributed by atoms with E-state index in [1.54, 1.807) is 0 Å². The Kier molecular flexibility index (Phi) is 15.2. The molecule has 7 nitrogen and oxygen atoms in total. The number of nitrogens with zero attached hydrogens (tertiary/aromatic N) is 2. The Hall–Kier alpha value is -4.56. The third-order valence-corrected chi connectivity index (χ3v) is 12.9. The fourth-order valence-electron chi connectivity index (χ4n) is 8.98. The van der Waals surface area contributed by atoms with Gasteiger partial charge in [0.05, 0.1) is 38.4 Å². The molecule has 0 bridgehead atoms. The van der Waals surface area contributed by atoms with Crippen LogP contribution in [0.1, 0.15) is 98.1 Å². The first-order valence-corrected chi connectivity index (χ1v) is 22.4. The van der Waals surface area contributed by atoms with Crippen LogP contribution in [0.25, 0.3) is 21.5 Å². The maximum Gasteiger partial charge on any atom is 0.220 e. The Morgan fingerprint density at radius 2 is 1.37 bits per heavy atom. The van der Waals surface area contributed by atoms with Gasteiger partial charge >= 0.3 is 0 Å². The zero-order valence-electron chi connectivity index (χ0n) is 37.7. The molecule has 0 aliphatic carbocycles. The van der Waals surface area contributed by atoms with E-state index in [1.807, 2.05) is 0 Å². The molecule has 60 heavy (non-hydrogen) atoms. The lowest BCUT2D eigenvalue weighted by molar-refractivity contribution is -0.438. The second-order valence-electron chi connectivity index (χ2n) is 18.3. The van der Waals surface area contributed by atoms with E-state index in [1.165, 1.54) is 55.5 Å². The van der Waals surface area contributed by atoms with E-state index < -0.39 is 0 Å². The highest BCUT2D eigenvalue weighted by Crippen LogP contribution is 2.50. The number of carbonyl (C=O) groups excluding carboxylic acids is 1. The van der Waals surface area contributed by atoms with Crippen LogP contribution in [0.2, 0.25) is 0 Å². The molecule has 2 heterocycles. The maximum absolute atomic E-state index is 12.6. The number of hydrogen-bond acceptors (Lipinski definition) is 5. The summed E-state index contributed by atoms with van der Waals surface area (Å²) in [5, 5.41) is 8.20. The molecule has 4 aromatic carbocycles. The van der Waals surface area contributed by atoms with Crippen molar-refractivity contribution in [2.75, 3.05) is 64.7 Å². The molecule has 0 saturated carbocycles. The summed E-state index contributed by atoms with van der Waals surface area (Å²) in [6.07, 6.45) is 16.7. The van der Waals surface area contributed by atoms with Crippen LogP contribution in [0.4, 0.5) is 11.4 Å². The zero-order valence-corrected chi connectivity index (χ0v) is 37.7. The van der Waals surface area contributed by atoms with E-state index in [0.717, 1.165) is 45.3 Å². The van der Waals surface area contributed by atoms with E-state index in [2.05, 4.69) is 173 Å². The van der Waals surface area contributed by atoms with Gasteiger partial charge in [0.2, 0.25) is 11.6 Å². The van der Waals surface area contributed by atoms with Gasteiger partial charge in [0.1, 0.15) is 6.54 Å². The van der Waals surface area contributed by atoms with Crippen molar-refractivity contribution in [1.82, 2.24) is 5.32 Å². The number of carbonyl (C=O) groups is 1. The van der Waals surface area contributed by atoms with Gasteiger partial charge in [0, 0.05) is 67.5 Å². The minimum Gasteiger partial charge on any atom is -0.379 e. The lowest BCUT2D eigenvalue weighted by atomic mass is 9.79. The molecule has 7 heteroatoms. The smallest absolute Gasteiger partial charge is 0.220 e. The number of nitrogens with one attached hydrogen (secondary N) is 1. The summed E-state index contributed by atoms with van der Waals surface area (Å²) in [6.45, 7) is 21.0. The molecular formula is C53H70N3O4+. The number of likely N-dealkylation sites (N-methyl/N-ethyl adjacent to an activating group) is 1. The fourth-order valence-corrected chi connectivity index (χ4v) is 8.98. The number of benzene rings is 4. The fraction of sp³-hybridized carbons (Fsp3) is 0.472. The number of anilines is 1. The first-order chi connectivity index (χ1) is 28.9.